The van der Waals surface area contributed by atoms with Crippen LogP contribution in [-0.4, -0.2) is 54.9 Å². The van der Waals surface area contributed by atoms with E-state index in [-0.39, 0.29) is 24.2 Å². The van der Waals surface area contributed by atoms with E-state index in [1.54, 1.807) is 48.2 Å². The molecule has 0 aromatic heterocycles. The minimum Gasteiger partial charge on any atom is -0.495 e. The maximum absolute atomic E-state index is 12.7. The maximum Gasteiger partial charge on any atom is 0.262 e. The van der Waals surface area contributed by atoms with Crippen molar-refractivity contribution >= 4 is 23.3 Å². The van der Waals surface area contributed by atoms with Gasteiger partial charge in [0.15, 0.2) is 12.4 Å². The van der Waals surface area contributed by atoms with Gasteiger partial charge in [-0.25, -0.2) is 0 Å². The Morgan fingerprint density at radius 1 is 1.16 bits per heavy atom. The van der Waals surface area contributed by atoms with Crippen molar-refractivity contribution in [2.24, 2.45) is 0 Å². The molecule has 168 valence electrons. The molecule has 2 aliphatic heterocycles. The number of piperidine rings is 1. The molecule has 32 heavy (non-hydrogen) atoms. The number of nitrogens with zero attached hydrogens (tertiary/aromatic N) is 1. The Morgan fingerprint density at radius 2 is 1.91 bits per heavy atom. The van der Waals surface area contributed by atoms with Crippen LogP contribution in [0, 0.1) is 0 Å². The third kappa shape index (κ3) is 4.54. The number of hydrogen-bond acceptors (Lipinski definition) is 6. The van der Waals surface area contributed by atoms with Gasteiger partial charge < -0.3 is 24.4 Å². The molecule has 2 aliphatic rings. The maximum atomic E-state index is 12.7. The second kappa shape index (κ2) is 8.90. The van der Waals surface area contributed by atoms with Gasteiger partial charge in [-0.15, -0.1) is 0 Å². The molecule has 8 nitrogen and oxygen atoms in total. The van der Waals surface area contributed by atoms with Crippen LogP contribution in [0.2, 0.25) is 0 Å². The number of para-hydroxylation sites is 2. The van der Waals surface area contributed by atoms with Crippen LogP contribution in [-0.2, 0) is 9.59 Å². The number of carbonyl (C=O) groups excluding carboxylic acids is 3. The van der Waals surface area contributed by atoms with E-state index in [0.29, 0.717) is 60.9 Å². The fourth-order valence-corrected chi connectivity index (χ4v) is 4.16. The first kappa shape index (κ1) is 21.7. The van der Waals surface area contributed by atoms with Crippen molar-refractivity contribution in [3.63, 3.8) is 0 Å². The zero-order chi connectivity index (χ0) is 22.7. The number of fused-ring (bicyclic) bond motifs is 1. The van der Waals surface area contributed by atoms with Crippen molar-refractivity contribution in [1.29, 1.82) is 0 Å². The summed E-state index contributed by atoms with van der Waals surface area (Å²) in [6.07, 6.45) is 1.50. The summed E-state index contributed by atoms with van der Waals surface area (Å²) in [5, 5.41) is 2.75. The van der Waals surface area contributed by atoms with Gasteiger partial charge in [0.1, 0.15) is 22.8 Å². The van der Waals surface area contributed by atoms with Crippen LogP contribution in [0.4, 0.5) is 5.69 Å². The zero-order valence-electron chi connectivity index (χ0n) is 18.2. The quantitative estimate of drug-likeness (QED) is 0.771. The number of methoxy groups -OCH3 is 1. The summed E-state index contributed by atoms with van der Waals surface area (Å²) in [4.78, 5) is 38.4. The Bertz CT molecular complexity index is 1040. The first-order valence-corrected chi connectivity index (χ1v) is 10.6. The van der Waals surface area contributed by atoms with Crippen LogP contribution < -0.4 is 19.5 Å². The Balaban J connectivity index is 1.41. The molecule has 2 aromatic rings. The van der Waals surface area contributed by atoms with Gasteiger partial charge in [-0.3, -0.25) is 14.4 Å². The summed E-state index contributed by atoms with van der Waals surface area (Å²) < 4.78 is 17.1. The van der Waals surface area contributed by atoms with Gasteiger partial charge in [0.2, 0.25) is 5.91 Å². The molecule has 8 heteroatoms. The summed E-state index contributed by atoms with van der Waals surface area (Å²) in [5.74, 6) is 1.16. The average molecular weight is 438 g/mol. The number of likely N-dealkylation sites (tertiary alicyclic amines) is 1. The third-order valence-corrected chi connectivity index (χ3v) is 5.93. The third-order valence-electron chi connectivity index (χ3n) is 5.93. The lowest BCUT2D eigenvalue weighted by Crippen LogP contribution is -2.51. The predicted molar refractivity (Wildman–Crippen MR) is 117 cm³/mol. The lowest BCUT2D eigenvalue weighted by molar-refractivity contribution is -0.132. The summed E-state index contributed by atoms with van der Waals surface area (Å²) in [6, 6.07) is 12.1. The molecule has 4 rings (SSSR count). The van der Waals surface area contributed by atoms with Crippen LogP contribution in [0.15, 0.2) is 42.5 Å². The highest BCUT2D eigenvalue weighted by Gasteiger charge is 2.43. The van der Waals surface area contributed by atoms with Gasteiger partial charge in [0.25, 0.3) is 5.91 Å². The number of nitrogens with one attached hydrogen (secondary N) is 1. The van der Waals surface area contributed by atoms with Gasteiger partial charge in [-0.1, -0.05) is 12.1 Å². The molecular weight excluding hydrogens is 412 g/mol. The Labute approximate surface area is 186 Å². The second-order valence-electron chi connectivity index (χ2n) is 8.09. The van der Waals surface area contributed by atoms with Crippen molar-refractivity contribution in [3.05, 3.63) is 48.0 Å². The van der Waals surface area contributed by atoms with Gasteiger partial charge in [-0.2, -0.15) is 0 Å². The van der Waals surface area contributed by atoms with E-state index < -0.39 is 5.60 Å². The lowest BCUT2D eigenvalue weighted by Gasteiger charge is -2.43. The van der Waals surface area contributed by atoms with Crippen LogP contribution in [0.1, 0.15) is 36.5 Å². The van der Waals surface area contributed by atoms with Crippen molar-refractivity contribution < 1.29 is 28.6 Å². The number of hydrogen-bond donors (Lipinski definition) is 1. The number of benzene rings is 2. The van der Waals surface area contributed by atoms with Crippen molar-refractivity contribution in [2.75, 3.05) is 32.1 Å². The van der Waals surface area contributed by atoms with E-state index in [1.807, 2.05) is 6.07 Å². The standard InChI is InChI=1S/C24H26N2O6/c1-16(27)26-11-9-24(10-12-26)14-20(28)18-8-7-17(13-22(18)32-24)31-15-23(29)25-19-5-3-4-6-21(19)30-2/h3-8,13H,9-12,14-15H2,1-2H3,(H,25,29). The average Bonchev–Trinajstić information content (AvgIpc) is 2.78. The van der Waals surface area contributed by atoms with E-state index in [2.05, 4.69) is 5.32 Å². The van der Waals surface area contributed by atoms with Crippen molar-refractivity contribution in [1.82, 2.24) is 4.90 Å². The molecule has 1 saturated heterocycles. The van der Waals surface area contributed by atoms with Gasteiger partial charge in [0.05, 0.1) is 24.8 Å². The monoisotopic (exact) mass is 438 g/mol. The van der Waals surface area contributed by atoms with Crippen LogP contribution in [0.3, 0.4) is 0 Å². The number of rotatable bonds is 5. The molecule has 0 unspecified atom stereocenters. The second-order valence-corrected chi connectivity index (χ2v) is 8.09. The van der Waals surface area contributed by atoms with E-state index in [4.69, 9.17) is 14.2 Å². The molecule has 1 fully saturated rings. The first-order valence-electron chi connectivity index (χ1n) is 10.6. The summed E-state index contributed by atoms with van der Waals surface area (Å²) in [5.41, 5.74) is 0.466. The number of ketones is 1. The zero-order valence-corrected chi connectivity index (χ0v) is 18.2. The molecule has 2 amide bonds. The number of ether oxygens (including phenoxy) is 3. The van der Waals surface area contributed by atoms with Gasteiger partial charge in [0, 0.05) is 38.9 Å². The molecule has 0 aliphatic carbocycles. The van der Waals surface area contributed by atoms with Gasteiger partial charge in [-0.05, 0) is 24.3 Å². The molecule has 0 bridgehead atoms. The van der Waals surface area contributed by atoms with Crippen LogP contribution >= 0.6 is 0 Å². The summed E-state index contributed by atoms with van der Waals surface area (Å²) >= 11 is 0. The predicted octanol–water partition coefficient (Wildman–Crippen LogP) is 3.06. The van der Waals surface area contributed by atoms with Crippen LogP contribution in [0.5, 0.6) is 17.2 Å². The highest BCUT2D eigenvalue weighted by atomic mass is 16.5. The normalized spacial score (nSPS) is 16.7. The van der Waals surface area contributed by atoms with Crippen molar-refractivity contribution in [3.8, 4) is 17.2 Å². The Morgan fingerprint density at radius 3 is 2.62 bits per heavy atom. The summed E-state index contributed by atoms with van der Waals surface area (Å²) in [6.45, 7) is 2.48. The topological polar surface area (TPSA) is 94.2 Å². The molecule has 2 aromatic carbocycles. The Kier molecular flexibility index (Phi) is 6.03. The van der Waals surface area contributed by atoms with Crippen LogP contribution in [0.25, 0.3) is 0 Å². The molecule has 1 spiro atoms. The minimum atomic E-state index is -0.601. The number of anilines is 1. The molecule has 0 radical (unpaired) electrons. The molecule has 0 atom stereocenters. The lowest BCUT2D eigenvalue weighted by atomic mass is 9.82. The number of carbonyl (C=O) groups is 3. The molecular formula is C24H26N2O6. The van der Waals surface area contributed by atoms with E-state index >= 15 is 0 Å². The fourth-order valence-electron chi connectivity index (χ4n) is 4.16. The molecule has 0 saturated carbocycles. The summed E-state index contributed by atoms with van der Waals surface area (Å²) in [7, 11) is 1.53. The smallest absolute Gasteiger partial charge is 0.262 e. The highest BCUT2D eigenvalue weighted by Crippen LogP contribution is 2.40. The first-order chi connectivity index (χ1) is 15.4. The largest absolute Gasteiger partial charge is 0.495 e. The minimum absolute atomic E-state index is 0.0167. The fraction of sp³-hybridized carbons (Fsp3) is 0.375. The number of amides is 2. The van der Waals surface area contributed by atoms with Crippen molar-refractivity contribution in [2.45, 2.75) is 31.8 Å². The number of Topliss-reactive ketones (excluding diaryl/α,β-unsaturated/α-hetero) is 1. The highest BCUT2D eigenvalue weighted by molar-refractivity contribution is 6.00. The SMILES string of the molecule is COc1ccccc1NC(=O)COc1ccc2c(c1)OC1(CCN(C(C)=O)CC1)CC2=O. The van der Waals surface area contributed by atoms with Gasteiger partial charge >= 0.3 is 0 Å². The molecule has 1 N–H and O–H groups in total. The van der Waals surface area contributed by atoms with E-state index in [1.165, 1.54) is 7.11 Å². The Hall–Kier alpha value is -3.55. The molecule has 2 heterocycles. The van der Waals surface area contributed by atoms with E-state index in [9.17, 15) is 14.4 Å². The van der Waals surface area contributed by atoms with E-state index in [0.717, 1.165) is 0 Å².